The molecule has 0 aliphatic carbocycles. The lowest BCUT2D eigenvalue weighted by Gasteiger charge is -2.36. The largest absolute Gasteiger partial charge is 0.481 e. The van der Waals surface area contributed by atoms with E-state index in [9.17, 15) is 19.5 Å². The van der Waals surface area contributed by atoms with E-state index < -0.39 is 11.9 Å². The maximum Gasteiger partial charge on any atom is 0.306 e. The summed E-state index contributed by atoms with van der Waals surface area (Å²) >= 11 is 0. The van der Waals surface area contributed by atoms with Crippen LogP contribution in [0.2, 0.25) is 0 Å². The van der Waals surface area contributed by atoms with Crippen LogP contribution in [0.15, 0.2) is 22.8 Å². The lowest BCUT2D eigenvalue weighted by molar-refractivity contribution is -0.149. The van der Waals surface area contributed by atoms with E-state index in [-0.39, 0.29) is 30.1 Å². The molecule has 3 rings (SSSR count). The van der Waals surface area contributed by atoms with Crippen LogP contribution in [0.25, 0.3) is 0 Å². The van der Waals surface area contributed by atoms with Crippen LogP contribution in [0.1, 0.15) is 25.5 Å². The van der Waals surface area contributed by atoms with E-state index >= 15 is 0 Å². The molecule has 0 aromatic carbocycles. The number of carbonyl (C=O) groups excluding carboxylic acids is 2. The molecule has 3 heterocycles. The number of carbonyl (C=O) groups is 3. The molecule has 0 spiro atoms. The Morgan fingerprint density at radius 2 is 2.17 bits per heavy atom. The summed E-state index contributed by atoms with van der Waals surface area (Å²) in [5, 5.41) is 9.17. The second-order valence-electron chi connectivity index (χ2n) is 6.75. The van der Waals surface area contributed by atoms with E-state index in [0.717, 1.165) is 0 Å². The van der Waals surface area contributed by atoms with Gasteiger partial charge >= 0.3 is 5.97 Å². The van der Waals surface area contributed by atoms with Gasteiger partial charge in [0.05, 0.1) is 24.6 Å². The second-order valence-corrected chi connectivity index (χ2v) is 6.75. The van der Waals surface area contributed by atoms with Crippen molar-refractivity contribution in [2.75, 3.05) is 19.6 Å². The Morgan fingerprint density at radius 3 is 2.79 bits per heavy atom. The van der Waals surface area contributed by atoms with Crippen LogP contribution in [-0.2, 0) is 20.9 Å². The Kier molecular flexibility index (Phi) is 4.59. The number of rotatable bonds is 4. The highest BCUT2D eigenvalue weighted by Crippen LogP contribution is 2.27. The normalized spacial score (nSPS) is 27.5. The van der Waals surface area contributed by atoms with Crippen LogP contribution in [0.5, 0.6) is 0 Å². The lowest BCUT2D eigenvalue weighted by Crippen LogP contribution is -2.47. The first kappa shape index (κ1) is 16.5. The van der Waals surface area contributed by atoms with Gasteiger partial charge < -0.3 is 19.3 Å². The molecule has 1 aromatic heterocycles. The number of aliphatic carboxylic acids is 1. The number of likely N-dealkylation sites (tertiary alicyclic amines) is 2. The van der Waals surface area contributed by atoms with Crippen molar-refractivity contribution in [2.45, 2.75) is 26.3 Å². The molecule has 3 unspecified atom stereocenters. The molecule has 3 atom stereocenters. The molecule has 2 amide bonds. The van der Waals surface area contributed by atoms with Gasteiger partial charge in [-0.2, -0.15) is 0 Å². The average molecular weight is 334 g/mol. The smallest absolute Gasteiger partial charge is 0.306 e. The SMILES string of the molecule is CC1CN(C(=O)C2CC(=O)N(Cc3ccco3)C2)CCC1C(=O)O. The Labute approximate surface area is 140 Å². The molecule has 7 heteroatoms. The van der Waals surface area contributed by atoms with Gasteiger partial charge in [-0.1, -0.05) is 6.92 Å². The van der Waals surface area contributed by atoms with Gasteiger partial charge in [-0.15, -0.1) is 0 Å². The topological polar surface area (TPSA) is 91.1 Å². The summed E-state index contributed by atoms with van der Waals surface area (Å²) < 4.78 is 5.26. The Morgan fingerprint density at radius 1 is 1.38 bits per heavy atom. The maximum atomic E-state index is 12.7. The number of amides is 2. The number of carboxylic acids is 1. The number of nitrogens with zero attached hydrogens (tertiary/aromatic N) is 2. The molecule has 0 radical (unpaired) electrons. The van der Waals surface area contributed by atoms with Crippen molar-refractivity contribution in [1.82, 2.24) is 9.80 Å². The van der Waals surface area contributed by atoms with E-state index in [1.54, 1.807) is 28.2 Å². The van der Waals surface area contributed by atoms with E-state index in [1.807, 2.05) is 6.92 Å². The van der Waals surface area contributed by atoms with Crippen molar-refractivity contribution in [1.29, 1.82) is 0 Å². The van der Waals surface area contributed by atoms with Crippen LogP contribution in [-0.4, -0.2) is 52.3 Å². The van der Waals surface area contributed by atoms with Gasteiger partial charge in [0, 0.05) is 26.1 Å². The summed E-state index contributed by atoms with van der Waals surface area (Å²) in [6.07, 6.45) is 2.25. The standard InChI is InChI=1S/C17H22N2O5/c1-11-8-18(5-4-14(11)17(22)23)16(21)12-7-15(20)19(9-12)10-13-3-2-6-24-13/h2-3,6,11-12,14H,4-5,7-10H2,1H3,(H,22,23). The van der Waals surface area contributed by atoms with Crippen LogP contribution < -0.4 is 0 Å². The van der Waals surface area contributed by atoms with E-state index in [0.29, 0.717) is 38.4 Å². The summed E-state index contributed by atoms with van der Waals surface area (Å²) in [4.78, 5) is 39.4. The summed E-state index contributed by atoms with van der Waals surface area (Å²) in [7, 11) is 0. The quantitative estimate of drug-likeness (QED) is 0.893. The molecule has 2 aliphatic rings. The number of furan rings is 1. The fourth-order valence-electron chi connectivity index (χ4n) is 3.65. The van der Waals surface area contributed by atoms with Gasteiger partial charge in [-0.3, -0.25) is 14.4 Å². The Hall–Kier alpha value is -2.31. The number of piperidine rings is 1. The zero-order chi connectivity index (χ0) is 17.3. The molecule has 7 nitrogen and oxygen atoms in total. The first-order chi connectivity index (χ1) is 11.5. The molecule has 0 bridgehead atoms. The second kappa shape index (κ2) is 6.67. The van der Waals surface area contributed by atoms with Crippen molar-refractivity contribution in [2.24, 2.45) is 17.8 Å². The summed E-state index contributed by atoms with van der Waals surface area (Å²) in [6.45, 7) is 3.53. The van der Waals surface area contributed by atoms with Crippen molar-refractivity contribution in [3.8, 4) is 0 Å². The van der Waals surface area contributed by atoms with Crippen molar-refractivity contribution < 1.29 is 23.9 Å². The van der Waals surface area contributed by atoms with Crippen molar-refractivity contribution in [3.05, 3.63) is 24.2 Å². The number of hydrogen-bond acceptors (Lipinski definition) is 4. The maximum absolute atomic E-state index is 12.7. The van der Waals surface area contributed by atoms with Crippen molar-refractivity contribution >= 4 is 17.8 Å². The third-order valence-corrected chi connectivity index (χ3v) is 5.02. The molecular formula is C17H22N2O5. The minimum Gasteiger partial charge on any atom is -0.481 e. The summed E-state index contributed by atoms with van der Waals surface area (Å²) in [6, 6.07) is 3.58. The fourth-order valence-corrected chi connectivity index (χ4v) is 3.65. The monoisotopic (exact) mass is 334 g/mol. The molecule has 2 saturated heterocycles. The third kappa shape index (κ3) is 3.29. The zero-order valence-electron chi connectivity index (χ0n) is 13.7. The molecule has 0 saturated carbocycles. The first-order valence-corrected chi connectivity index (χ1v) is 8.27. The molecule has 24 heavy (non-hydrogen) atoms. The molecule has 1 N–H and O–H groups in total. The first-order valence-electron chi connectivity index (χ1n) is 8.27. The van der Waals surface area contributed by atoms with E-state index in [4.69, 9.17) is 4.42 Å². The number of hydrogen-bond donors (Lipinski definition) is 1. The van der Waals surface area contributed by atoms with Gasteiger partial charge in [0.25, 0.3) is 0 Å². The molecule has 1 aromatic rings. The average Bonchev–Trinajstić information content (AvgIpc) is 3.17. The van der Waals surface area contributed by atoms with Crippen LogP contribution in [0.4, 0.5) is 0 Å². The van der Waals surface area contributed by atoms with Crippen LogP contribution in [0.3, 0.4) is 0 Å². The highest BCUT2D eigenvalue weighted by Gasteiger charge is 2.39. The Bertz CT molecular complexity index is 627. The lowest BCUT2D eigenvalue weighted by atomic mass is 9.86. The van der Waals surface area contributed by atoms with Gasteiger partial charge in [0.2, 0.25) is 11.8 Å². The minimum absolute atomic E-state index is 0.0408. The molecular weight excluding hydrogens is 312 g/mol. The van der Waals surface area contributed by atoms with Gasteiger partial charge in [-0.05, 0) is 24.5 Å². The highest BCUT2D eigenvalue weighted by molar-refractivity contribution is 5.89. The fraction of sp³-hybridized carbons (Fsp3) is 0.588. The van der Waals surface area contributed by atoms with Gasteiger partial charge in [0.1, 0.15) is 5.76 Å². The molecule has 2 fully saturated rings. The summed E-state index contributed by atoms with van der Waals surface area (Å²) in [5.41, 5.74) is 0. The Balaban J connectivity index is 1.58. The van der Waals surface area contributed by atoms with Crippen molar-refractivity contribution in [3.63, 3.8) is 0 Å². The van der Waals surface area contributed by atoms with Gasteiger partial charge in [-0.25, -0.2) is 0 Å². The summed E-state index contributed by atoms with van der Waals surface area (Å²) in [5.74, 6) is -0.992. The zero-order valence-corrected chi connectivity index (χ0v) is 13.7. The predicted octanol–water partition coefficient (Wildman–Crippen LogP) is 1.20. The van der Waals surface area contributed by atoms with Crippen LogP contribution in [0, 0.1) is 17.8 Å². The molecule has 2 aliphatic heterocycles. The van der Waals surface area contributed by atoms with E-state index in [2.05, 4.69) is 0 Å². The van der Waals surface area contributed by atoms with Gasteiger partial charge in [0.15, 0.2) is 0 Å². The van der Waals surface area contributed by atoms with E-state index in [1.165, 1.54) is 0 Å². The highest BCUT2D eigenvalue weighted by atomic mass is 16.4. The minimum atomic E-state index is -0.796. The molecule has 130 valence electrons. The predicted molar refractivity (Wildman–Crippen MR) is 83.7 cm³/mol. The van der Waals surface area contributed by atoms with Crippen LogP contribution >= 0.6 is 0 Å². The number of carboxylic acid groups (broad SMARTS) is 1. The third-order valence-electron chi connectivity index (χ3n) is 5.02.